The third kappa shape index (κ3) is 4.62. The molecule has 1 amide bonds. The Morgan fingerprint density at radius 1 is 1.39 bits per heavy atom. The molecule has 2 heterocycles. The Hall–Kier alpha value is -2.23. The highest BCUT2D eigenvalue weighted by molar-refractivity contribution is 7.16. The zero-order valence-corrected chi connectivity index (χ0v) is 13.6. The van der Waals surface area contributed by atoms with Gasteiger partial charge in [0, 0.05) is 18.5 Å². The molecule has 0 aromatic carbocycles. The molecule has 0 saturated carbocycles. The summed E-state index contributed by atoms with van der Waals surface area (Å²) < 4.78 is 1.34. The smallest absolute Gasteiger partial charge is 0.324 e. The van der Waals surface area contributed by atoms with E-state index in [2.05, 4.69) is 10.5 Å². The molecule has 8 nitrogen and oxygen atoms in total. The van der Waals surface area contributed by atoms with Crippen LogP contribution in [0.2, 0.25) is 10.0 Å². The molecule has 2 rings (SSSR count). The van der Waals surface area contributed by atoms with Crippen molar-refractivity contribution >= 4 is 51.7 Å². The van der Waals surface area contributed by atoms with Crippen molar-refractivity contribution in [1.82, 2.24) is 9.99 Å². The van der Waals surface area contributed by atoms with Gasteiger partial charge >= 0.3 is 5.00 Å². The van der Waals surface area contributed by atoms with Crippen molar-refractivity contribution in [3.05, 3.63) is 59.8 Å². The zero-order chi connectivity index (χ0) is 17.0. The molecule has 120 valence electrons. The second kappa shape index (κ2) is 7.36. The summed E-state index contributed by atoms with van der Waals surface area (Å²) in [7, 11) is 0. The van der Waals surface area contributed by atoms with Crippen LogP contribution in [0.5, 0.6) is 0 Å². The second-order valence-electron chi connectivity index (χ2n) is 4.18. The van der Waals surface area contributed by atoms with E-state index in [1.807, 2.05) is 0 Å². The Bertz CT molecular complexity index is 820. The summed E-state index contributed by atoms with van der Waals surface area (Å²) in [5.41, 5.74) is 1.74. The van der Waals surface area contributed by atoms with Crippen LogP contribution >= 0.6 is 34.5 Å². The lowest BCUT2D eigenvalue weighted by atomic mass is 10.4. The number of aromatic nitrogens is 1. The van der Waals surface area contributed by atoms with Crippen LogP contribution in [0, 0.1) is 10.1 Å². The Labute approximate surface area is 143 Å². The van der Waals surface area contributed by atoms with E-state index in [9.17, 15) is 19.7 Å². The van der Waals surface area contributed by atoms with Crippen molar-refractivity contribution in [2.24, 2.45) is 5.10 Å². The van der Waals surface area contributed by atoms with Crippen LogP contribution in [0.15, 0.2) is 34.4 Å². The van der Waals surface area contributed by atoms with E-state index < -0.39 is 16.3 Å². The van der Waals surface area contributed by atoms with Crippen molar-refractivity contribution in [2.45, 2.75) is 6.54 Å². The molecule has 0 fully saturated rings. The molecule has 0 bridgehead atoms. The van der Waals surface area contributed by atoms with Crippen LogP contribution in [0.25, 0.3) is 0 Å². The lowest BCUT2D eigenvalue weighted by Gasteiger charge is -2.06. The molecule has 0 aliphatic carbocycles. The van der Waals surface area contributed by atoms with Gasteiger partial charge in [0.15, 0.2) is 0 Å². The van der Waals surface area contributed by atoms with Crippen LogP contribution in [0.3, 0.4) is 0 Å². The summed E-state index contributed by atoms with van der Waals surface area (Å²) in [6.45, 7) is -0.151. The van der Waals surface area contributed by atoms with Crippen molar-refractivity contribution in [3.8, 4) is 0 Å². The van der Waals surface area contributed by atoms with Crippen LogP contribution in [0.4, 0.5) is 5.00 Å². The van der Waals surface area contributed by atoms with Gasteiger partial charge < -0.3 is 4.57 Å². The lowest BCUT2D eigenvalue weighted by Crippen LogP contribution is -2.24. The average Bonchev–Trinajstić information content (AvgIpc) is 2.93. The van der Waals surface area contributed by atoms with Gasteiger partial charge in [-0.25, -0.2) is 5.43 Å². The van der Waals surface area contributed by atoms with E-state index in [4.69, 9.17) is 23.2 Å². The SMILES string of the molecule is O=C(Cn1cc(Cl)c(=O)c(Cl)c1)N/N=C/c1ccc([N+](=O)[O-])s1. The molecule has 0 aliphatic heterocycles. The number of halogens is 2. The van der Waals surface area contributed by atoms with E-state index in [0.717, 1.165) is 11.3 Å². The van der Waals surface area contributed by atoms with E-state index in [1.165, 1.54) is 35.3 Å². The highest BCUT2D eigenvalue weighted by Crippen LogP contribution is 2.22. The third-order valence-corrected chi connectivity index (χ3v) is 4.00. The molecule has 0 unspecified atom stereocenters. The number of amides is 1. The molecule has 0 radical (unpaired) electrons. The van der Waals surface area contributed by atoms with E-state index in [0.29, 0.717) is 4.88 Å². The van der Waals surface area contributed by atoms with Gasteiger partial charge in [0.2, 0.25) is 5.43 Å². The highest BCUT2D eigenvalue weighted by Gasteiger charge is 2.09. The number of hydrogen-bond donors (Lipinski definition) is 1. The molecular weight excluding hydrogens is 367 g/mol. The number of nitrogens with zero attached hydrogens (tertiary/aromatic N) is 3. The number of thiophene rings is 1. The normalized spacial score (nSPS) is 10.9. The first kappa shape index (κ1) is 17.1. The fourth-order valence-corrected chi connectivity index (χ4v) is 2.73. The minimum absolute atomic E-state index is 0.0182. The quantitative estimate of drug-likeness (QED) is 0.491. The minimum atomic E-state index is -0.512. The molecule has 0 aliphatic rings. The zero-order valence-electron chi connectivity index (χ0n) is 11.2. The predicted molar refractivity (Wildman–Crippen MR) is 87.4 cm³/mol. The fourth-order valence-electron chi connectivity index (χ4n) is 1.53. The summed E-state index contributed by atoms with van der Waals surface area (Å²) in [5, 5.41) is 14.0. The van der Waals surface area contributed by atoms with Gasteiger partial charge in [-0.2, -0.15) is 5.10 Å². The number of carbonyl (C=O) groups excluding carboxylic acids is 1. The topological polar surface area (TPSA) is 107 Å². The van der Waals surface area contributed by atoms with Gasteiger partial charge in [-0.15, -0.1) is 0 Å². The summed E-state index contributed by atoms with van der Waals surface area (Å²) in [5.74, 6) is -0.483. The molecule has 0 spiro atoms. The first-order chi connectivity index (χ1) is 10.9. The first-order valence-electron chi connectivity index (χ1n) is 5.98. The predicted octanol–water partition coefficient (Wildman–Crippen LogP) is 2.28. The van der Waals surface area contributed by atoms with Crippen LogP contribution in [0.1, 0.15) is 4.88 Å². The Balaban J connectivity index is 1.95. The second-order valence-corrected chi connectivity index (χ2v) is 6.09. The Morgan fingerprint density at radius 2 is 2.04 bits per heavy atom. The number of nitro groups is 1. The van der Waals surface area contributed by atoms with Gasteiger partial charge in [0.05, 0.1) is 16.0 Å². The monoisotopic (exact) mass is 374 g/mol. The maximum Gasteiger partial charge on any atom is 0.324 e. The maximum absolute atomic E-state index is 11.7. The summed E-state index contributed by atoms with van der Waals surface area (Å²) in [4.78, 5) is 33.6. The fraction of sp³-hybridized carbons (Fsp3) is 0.0833. The van der Waals surface area contributed by atoms with Crippen molar-refractivity contribution < 1.29 is 9.72 Å². The van der Waals surface area contributed by atoms with Crippen LogP contribution in [-0.2, 0) is 11.3 Å². The summed E-state index contributed by atoms with van der Waals surface area (Å²) >= 11 is 12.3. The van der Waals surface area contributed by atoms with Crippen molar-refractivity contribution in [2.75, 3.05) is 0 Å². The Kier molecular flexibility index (Phi) is 5.48. The standard InChI is InChI=1S/C12H8Cl2N4O4S/c13-8-4-17(5-9(14)12(8)20)6-10(19)16-15-3-7-1-2-11(23-7)18(21)22/h1-5H,6H2,(H,16,19)/b15-3+. The number of rotatable bonds is 5. The van der Waals surface area contributed by atoms with E-state index in [-0.39, 0.29) is 21.6 Å². The van der Waals surface area contributed by atoms with E-state index >= 15 is 0 Å². The summed E-state index contributed by atoms with van der Waals surface area (Å²) in [6, 6.07) is 2.86. The molecule has 0 atom stereocenters. The molecule has 2 aromatic heterocycles. The molecule has 1 N–H and O–H groups in total. The van der Waals surface area contributed by atoms with Gasteiger partial charge in [-0.3, -0.25) is 19.7 Å². The third-order valence-electron chi connectivity index (χ3n) is 2.49. The highest BCUT2D eigenvalue weighted by atomic mass is 35.5. The number of carbonyl (C=O) groups is 1. The number of hydrogen-bond acceptors (Lipinski definition) is 6. The largest absolute Gasteiger partial charge is 0.342 e. The molecule has 0 saturated heterocycles. The number of pyridine rings is 1. The van der Waals surface area contributed by atoms with Gasteiger partial charge in [-0.05, 0) is 6.07 Å². The molecule has 11 heteroatoms. The van der Waals surface area contributed by atoms with Crippen molar-refractivity contribution in [3.63, 3.8) is 0 Å². The molecule has 2 aromatic rings. The van der Waals surface area contributed by atoms with Crippen molar-refractivity contribution in [1.29, 1.82) is 0 Å². The van der Waals surface area contributed by atoms with Crippen LogP contribution < -0.4 is 10.9 Å². The molecular formula is C12H8Cl2N4O4S. The maximum atomic E-state index is 11.7. The number of hydrazone groups is 1. The minimum Gasteiger partial charge on any atom is -0.342 e. The van der Waals surface area contributed by atoms with E-state index in [1.54, 1.807) is 0 Å². The van der Waals surface area contributed by atoms with Gasteiger partial charge in [0.1, 0.15) is 16.6 Å². The van der Waals surface area contributed by atoms with Gasteiger partial charge in [-0.1, -0.05) is 34.5 Å². The molecule has 23 heavy (non-hydrogen) atoms. The lowest BCUT2D eigenvalue weighted by molar-refractivity contribution is -0.380. The van der Waals surface area contributed by atoms with Crippen LogP contribution in [-0.4, -0.2) is 21.6 Å². The van der Waals surface area contributed by atoms with Gasteiger partial charge in [0.25, 0.3) is 5.91 Å². The Morgan fingerprint density at radius 3 is 2.61 bits per heavy atom. The summed E-state index contributed by atoms with van der Waals surface area (Å²) in [6.07, 6.45) is 3.85. The number of nitrogens with one attached hydrogen (secondary N) is 1. The average molecular weight is 375 g/mol. The first-order valence-corrected chi connectivity index (χ1v) is 7.55.